The SMILES string of the molecule is CC(Oc1ccccc1)C(=O)Nc1cccc(N(C)S(C)(=O)=O)c1. The molecule has 0 heterocycles. The molecule has 128 valence electrons. The van der Waals surface area contributed by atoms with Crippen molar-refractivity contribution in [2.24, 2.45) is 0 Å². The van der Waals surface area contributed by atoms with Crippen LogP contribution in [0.1, 0.15) is 6.92 Å². The summed E-state index contributed by atoms with van der Waals surface area (Å²) < 4.78 is 29.9. The molecule has 2 rings (SSSR count). The summed E-state index contributed by atoms with van der Waals surface area (Å²) in [6.07, 6.45) is 0.428. The molecule has 0 spiro atoms. The predicted molar refractivity (Wildman–Crippen MR) is 94.9 cm³/mol. The lowest BCUT2D eigenvalue weighted by Crippen LogP contribution is -2.30. The molecule has 1 N–H and O–H groups in total. The molecule has 0 bridgehead atoms. The monoisotopic (exact) mass is 348 g/mol. The molecule has 0 saturated heterocycles. The number of carbonyl (C=O) groups excluding carboxylic acids is 1. The minimum Gasteiger partial charge on any atom is -0.481 e. The van der Waals surface area contributed by atoms with Crippen LogP contribution < -0.4 is 14.4 Å². The van der Waals surface area contributed by atoms with Crippen molar-refractivity contribution in [3.05, 3.63) is 54.6 Å². The Labute approximate surface area is 142 Å². The number of amides is 1. The van der Waals surface area contributed by atoms with Gasteiger partial charge in [0.2, 0.25) is 10.0 Å². The summed E-state index contributed by atoms with van der Waals surface area (Å²) in [6, 6.07) is 15.7. The van der Waals surface area contributed by atoms with E-state index in [-0.39, 0.29) is 5.91 Å². The Morgan fingerprint density at radius 2 is 1.79 bits per heavy atom. The Morgan fingerprint density at radius 1 is 1.12 bits per heavy atom. The van der Waals surface area contributed by atoms with Crippen LogP contribution in [0.2, 0.25) is 0 Å². The van der Waals surface area contributed by atoms with Gasteiger partial charge in [0.05, 0.1) is 11.9 Å². The molecule has 0 radical (unpaired) electrons. The molecule has 7 heteroatoms. The van der Waals surface area contributed by atoms with E-state index >= 15 is 0 Å². The second-order valence-corrected chi connectivity index (χ2v) is 7.36. The van der Waals surface area contributed by atoms with Crippen molar-refractivity contribution < 1.29 is 17.9 Å². The number of ether oxygens (including phenoxy) is 1. The number of carbonyl (C=O) groups is 1. The van der Waals surface area contributed by atoms with Gasteiger partial charge in [-0.25, -0.2) is 8.42 Å². The third-order valence-corrected chi connectivity index (χ3v) is 4.61. The Morgan fingerprint density at radius 3 is 2.42 bits per heavy atom. The van der Waals surface area contributed by atoms with Gasteiger partial charge in [0.15, 0.2) is 6.10 Å². The number of nitrogens with one attached hydrogen (secondary N) is 1. The van der Waals surface area contributed by atoms with Crippen molar-refractivity contribution in [1.82, 2.24) is 0 Å². The van der Waals surface area contributed by atoms with Crippen LogP contribution in [-0.2, 0) is 14.8 Å². The van der Waals surface area contributed by atoms with E-state index in [1.807, 2.05) is 18.2 Å². The molecule has 1 unspecified atom stereocenters. The van der Waals surface area contributed by atoms with Crippen LogP contribution in [0.5, 0.6) is 5.75 Å². The van der Waals surface area contributed by atoms with E-state index in [1.165, 1.54) is 7.05 Å². The zero-order valence-electron chi connectivity index (χ0n) is 13.8. The molecule has 1 amide bonds. The highest BCUT2D eigenvalue weighted by molar-refractivity contribution is 7.92. The number of anilines is 2. The molecule has 0 aliphatic carbocycles. The molecule has 6 nitrogen and oxygen atoms in total. The second-order valence-electron chi connectivity index (χ2n) is 5.34. The zero-order valence-corrected chi connectivity index (χ0v) is 14.6. The maximum absolute atomic E-state index is 12.2. The molecule has 2 aromatic rings. The topological polar surface area (TPSA) is 75.7 Å². The fourth-order valence-electron chi connectivity index (χ4n) is 1.97. The molecule has 1 atom stereocenters. The van der Waals surface area contributed by atoms with Crippen LogP contribution in [0.4, 0.5) is 11.4 Å². The van der Waals surface area contributed by atoms with Crippen LogP contribution in [0, 0.1) is 0 Å². The van der Waals surface area contributed by atoms with E-state index < -0.39 is 16.1 Å². The molecular weight excluding hydrogens is 328 g/mol. The Hall–Kier alpha value is -2.54. The van der Waals surface area contributed by atoms with Gasteiger partial charge in [-0.05, 0) is 37.3 Å². The number of rotatable bonds is 6. The standard InChI is InChI=1S/C17H20N2O4S/c1-13(23-16-10-5-4-6-11-16)17(20)18-14-8-7-9-15(12-14)19(2)24(3,21)22/h4-13H,1-3H3,(H,18,20). The highest BCUT2D eigenvalue weighted by Crippen LogP contribution is 2.21. The summed E-state index contributed by atoms with van der Waals surface area (Å²) in [5.41, 5.74) is 0.962. The van der Waals surface area contributed by atoms with E-state index in [0.717, 1.165) is 10.6 Å². The van der Waals surface area contributed by atoms with Crippen molar-refractivity contribution in [2.45, 2.75) is 13.0 Å². The minimum atomic E-state index is -3.36. The van der Waals surface area contributed by atoms with E-state index in [9.17, 15) is 13.2 Å². The molecule has 0 aliphatic heterocycles. The first-order valence-corrected chi connectivity index (χ1v) is 9.19. The van der Waals surface area contributed by atoms with E-state index in [4.69, 9.17) is 4.74 Å². The van der Waals surface area contributed by atoms with Crippen molar-refractivity contribution in [3.63, 3.8) is 0 Å². The molecule has 0 aliphatic rings. The van der Waals surface area contributed by atoms with Crippen LogP contribution >= 0.6 is 0 Å². The minimum absolute atomic E-state index is 0.321. The van der Waals surface area contributed by atoms with Crippen LogP contribution in [0.15, 0.2) is 54.6 Å². The molecule has 24 heavy (non-hydrogen) atoms. The van der Waals surface area contributed by atoms with Gasteiger partial charge in [-0.3, -0.25) is 9.10 Å². The normalized spacial score (nSPS) is 12.3. The zero-order chi connectivity index (χ0) is 17.7. The fourth-order valence-corrected chi connectivity index (χ4v) is 2.47. The van der Waals surface area contributed by atoms with Gasteiger partial charge in [-0.2, -0.15) is 0 Å². The molecule has 0 aromatic heterocycles. The van der Waals surface area contributed by atoms with Crippen molar-refractivity contribution in [1.29, 1.82) is 0 Å². The van der Waals surface area contributed by atoms with Crippen LogP contribution in [-0.4, -0.2) is 33.7 Å². The average molecular weight is 348 g/mol. The number of benzene rings is 2. The van der Waals surface area contributed by atoms with Gasteiger partial charge in [0.25, 0.3) is 5.91 Å². The van der Waals surface area contributed by atoms with Gasteiger partial charge in [-0.1, -0.05) is 24.3 Å². The third-order valence-electron chi connectivity index (χ3n) is 3.40. The maximum atomic E-state index is 12.2. The largest absolute Gasteiger partial charge is 0.481 e. The Bertz CT molecular complexity index is 806. The lowest BCUT2D eigenvalue weighted by Gasteiger charge is -2.18. The van der Waals surface area contributed by atoms with Crippen molar-refractivity contribution in [3.8, 4) is 5.75 Å². The quantitative estimate of drug-likeness (QED) is 0.870. The van der Waals surface area contributed by atoms with Crippen LogP contribution in [0.3, 0.4) is 0 Å². The van der Waals surface area contributed by atoms with Gasteiger partial charge >= 0.3 is 0 Å². The van der Waals surface area contributed by atoms with Crippen molar-refractivity contribution in [2.75, 3.05) is 22.9 Å². The summed E-state index contributed by atoms with van der Waals surface area (Å²) in [5.74, 6) is 0.281. The van der Waals surface area contributed by atoms with Crippen LogP contribution in [0.25, 0.3) is 0 Å². The predicted octanol–water partition coefficient (Wildman–Crippen LogP) is 2.49. The van der Waals surface area contributed by atoms with E-state index in [2.05, 4.69) is 5.32 Å². The first-order valence-electron chi connectivity index (χ1n) is 7.34. The Kier molecular flexibility index (Phi) is 5.46. The van der Waals surface area contributed by atoms with Gasteiger partial charge in [-0.15, -0.1) is 0 Å². The summed E-state index contributed by atoms with van der Waals surface area (Å²) in [7, 11) is -1.91. The third kappa shape index (κ3) is 4.73. The number of sulfonamides is 1. The molecular formula is C17H20N2O4S. The van der Waals surface area contributed by atoms with E-state index in [0.29, 0.717) is 17.1 Å². The average Bonchev–Trinajstić information content (AvgIpc) is 2.54. The molecule has 2 aromatic carbocycles. The Balaban J connectivity index is 2.06. The summed E-state index contributed by atoms with van der Waals surface area (Å²) in [6.45, 7) is 1.65. The summed E-state index contributed by atoms with van der Waals surface area (Å²) in [4.78, 5) is 12.2. The van der Waals surface area contributed by atoms with E-state index in [1.54, 1.807) is 43.3 Å². The molecule has 0 saturated carbocycles. The lowest BCUT2D eigenvalue weighted by atomic mass is 10.2. The molecule has 0 fully saturated rings. The highest BCUT2D eigenvalue weighted by Gasteiger charge is 2.16. The highest BCUT2D eigenvalue weighted by atomic mass is 32.2. The summed E-state index contributed by atoms with van der Waals surface area (Å²) in [5, 5.41) is 2.72. The number of hydrogen-bond acceptors (Lipinski definition) is 4. The van der Waals surface area contributed by atoms with Gasteiger partial charge < -0.3 is 10.1 Å². The first-order chi connectivity index (χ1) is 11.3. The fraction of sp³-hybridized carbons (Fsp3) is 0.235. The van der Waals surface area contributed by atoms with Gasteiger partial charge in [0.1, 0.15) is 5.75 Å². The number of hydrogen-bond donors (Lipinski definition) is 1. The maximum Gasteiger partial charge on any atom is 0.265 e. The second kappa shape index (κ2) is 7.35. The van der Waals surface area contributed by atoms with Crippen molar-refractivity contribution >= 4 is 27.3 Å². The summed E-state index contributed by atoms with van der Waals surface area (Å²) >= 11 is 0. The number of nitrogens with zero attached hydrogens (tertiary/aromatic N) is 1. The lowest BCUT2D eigenvalue weighted by molar-refractivity contribution is -0.122. The number of para-hydroxylation sites is 1. The first kappa shape index (κ1) is 17.8. The smallest absolute Gasteiger partial charge is 0.265 e. The van der Waals surface area contributed by atoms with Gasteiger partial charge in [0, 0.05) is 12.7 Å².